The Morgan fingerprint density at radius 1 is 1.15 bits per heavy atom. The second kappa shape index (κ2) is 9.89. The number of hydrogen-bond donors (Lipinski definition) is 0. The molecule has 2 aromatic carbocycles. The van der Waals surface area contributed by atoms with Gasteiger partial charge in [-0.3, -0.25) is 9.69 Å². The van der Waals surface area contributed by atoms with Crippen LogP contribution in [0.3, 0.4) is 0 Å². The third-order valence-electron chi connectivity index (χ3n) is 5.87. The summed E-state index contributed by atoms with van der Waals surface area (Å²) in [6.45, 7) is 3.39. The zero-order chi connectivity index (χ0) is 24.3. The quantitative estimate of drug-likeness (QED) is 0.428. The first-order valence-electron chi connectivity index (χ1n) is 10.9. The molecule has 9 heteroatoms. The van der Waals surface area contributed by atoms with E-state index in [2.05, 4.69) is 9.88 Å². The molecular weight excluding hydrogens is 449 g/mol. The topological polar surface area (TPSA) is 64.8 Å². The van der Waals surface area contributed by atoms with Crippen LogP contribution in [0.1, 0.15) is 35.4 Å². The Morgan fingerprint density at radius 2 is 1.85 bits per heavy atom. The van der Waals surface area contributed by atoms with Crippen molar-refractivity contribution < 1.29 is 31.9 Å². The number of oxazole rings is 1. The molecule has 34 heavy (non-hydrogen) atoms. The van der Waals surface area contributed by atoms with E-state index in [9.17, 15) is 18.0 Å². The van der Waals surface area contributed by atoms with E-state index in [0.29, 0.717) is 29.3 Å². The van der Waals surface area contributed by atoms with Gasteiger partial charge in [-0.05, 0) is 68.3 Å². The Morgan fingerprint density at radius 3 is 2.50 bits per heavy atom. The predicted molar refractivity (Wildman–Crippen MR) is 118 cm³/mol. The molecule has 1 saturated heterocycles. The van der Waals surface area contributed by atoms with Crippen LogP contribution in [0.2, 0.25) is 0 Å². The van der Waals surface area contributed by atoms with Gasteiger partial charge in [0.1, 0.15) is 29.9 Å². The van der Waals surface area contributed by atoms with E-state index in [4.69, 9.17) is 13.9 Å². The maximum absolute atomic E-state index is 12.8. The van der Waals surface area contributed by atoms with Crippen LogP contribution in [0, 0.1) is 6.92 Å². The van der Waals surface area contributed by atoms with Gasteiger partial charge in [0, 0.05) is 12.1 Å². The molecule has 0 radical (unpaired) electrons. The van der Waals surface area contributed by atoms with Gasteiger partial charge in [0.25, 0.3) is 0 Å². The van der Waals surface area contributed by atoms with E-state index in [1.807, 2.05) is 24.3 Å². The number of carbonyl (C=O) groups excluding carboxylic acids is 1. The molecule has 1 aliphatic rings. The average Bonchev–Trinajstić information content (AvgIpc) is 3.44. The predicted octanol–water partition coefficient (Wildman–Crippen LogP) is 5.39. The van der Waals surface area contributed by atoms with Crippen molar-refractivity contribution in [1.29, 1.82) is 0 Å². The monoisotopic (exact) mass is 474 g/mol. The Hall–Kier alpha value is -3.33. The number of methoxy groups -OCH3 is 1. The number of carbonyl (C=O) groups is 1. The van der Waals surface area contributed by atoms with Gasteiger partial charge in [-0.1, -0.05) is 12.1 Å². The van der Waals surface area contributed by atoms with Crippen molar-refractivity contribution >= 4 is 5.97 Å². The minimum absolute atomic E-state index is 0.159. The Balaban J connectivity index is 1.36. The van der Waals surface area contributed by atoms with Crippen molar-refractivity contribution in [1.82, 2.24) is 9.88 Å². The average molecular weight is 474 g/mol. The summed E-state index contributed by atoms with van der Waals surface area (Å²) in [5, 5.41) is 0. The smallest absolute Gasteiger partial charge is 0.416 e. The Bertz CT molecular complexity index is 1120. The van der Waals surface area contributed by atoms with Crippen LogP contribution >= 0.6 is 0 Å². The number of rotatable bonds is 7. The third-order valence-corrected chi connectivity index (χ3v) is 5.87. The minimum Gasteiger partial charge on any atom is -0.487 e. The zero-order valence-corrected chi connectivity index (χ0v) is 18.9. The molecule has 3 aromatic rings. The van der Waals surface area contributed by atoms with Crippen LogP contribution in [-0.4, -0.2) is 35.5 Å². The number of esters is 1. The molecule has 180 valence electrons. The van der Waals surface area contributed by atoms with Crippen molar-refractivity contribution in [2.24, 2.45) is 0 Å². The molecule has 1 fully saturated rings. The molecule has 0 bridgehead atoms. The normalized spacial score (nSPS) is 16.6. The number of halogens is 3. The lowest BCUT2D eigenvalue weighted by molar-refractivity contribution is -0.146. The summed E-state index contributed by atoms with van der Waals surface area (Å²) in [6.07, 6.45) is -2.62. The molecule has 4 rings (SSSR count). The van der Waals surface area contributed by atoms with Gasteiger partial charge in [-0.15, -0.1) is 0 Å². The number of aryl methyl sites for hydroxylation is 1. The van der Waals surface area contributed by atoms with E-state index in [1.165, 1.54) is 19.2 Å². The van der Waals surface area contributed by atoms with Gasteiger partial charge in [0.2, 0.25) is 5.89 Å². The van der Waals surface area contributed by atoms with E-state index >= 15 is 0 Å². The lowest BCUT2D eigenvalue weighted by Gasteiger charge is -2.22. The van der Waals surface area contributed by atoms with Crippen LogP contribution in [-0.2, 0) is 28.9 Å². The van der Waals surface area contributed by atoms with Crippen molar-refractivity contribution in [3.63, 3.8) is 0 Å². The highest BCUT2D eigenvalue weighted by atomic mass is 19.4. The highest BCUT2D eigenvalue weighted by Crippen LogP contribution is 2.31. The van der Waals surface area contributed by atoms with Gasteiger partial charge in [-0.25, -0.2) is 4.98 Å². The number of aromatic nitrogens is 1. The van der Waals surface area contributed by atoms with Crippen molar-refractivity contribution in [3.05, 3.63) is 71.1 Å². The first-order valence-corrected chi connectivity index (χ1v) is 10.9. The summed E-state index contributed by atoms with van der Waals surface area (Å²) < 4.78 is 54.7. The van der Waals surface area contributed by atoms with E-state index in [0.717, 1.165) is 37.1 Å². The third kappa shape index (κ3) is 5.41. The van der Waals surface area contributed by atoms with Gasteiger partial charge in [-0.2, -0.15) is 13.2 Å². The van der Waals surface area contributed by atoms with Crippen LogP contribution in [0.15, 0.2) is 52.9 Å². The molecule has 1 aliphatic heterocycles. The van der Waals surface area contributed by atoms with E-state index in [-0.39, 0.29) is 24.5 Å². The number of benzene rings is 2. The summed E-state index contributed by atoms with van der Waals surface area (Å²) in [5.74, 6) is 1.23. The van der Waals surface area contributed by atoms with E-state index < -0.39 is 11.7 Å². The van der Waals surface area contributed by atoms with Crippen molar-refractivity contribution in [2.45, 2.75) is 45.1 Å². The highest BCUT2D eigenvalue weighted by molar-refractivity contribution is 5.76. The second-order valence-electron chi connectivity index (χ2n) is 8.18. The molecule has 0 N–H and O–H groups in total. The summed E-state index contributed by atoms with van der Waals surface area (Å²) >= 11 is 0. The zero-order valence-electron chi connectivity index (χ0n) is 18.9. The van der Waals surface area contributed by atoms with Crippen LogP contribution < -0.4 is 4.74 Å². The molecule has 2 heterocycles. The fourth-order valence-corrected chi connectivity index (χ4v) is 3.98. The first-order chi connectivity index (χ1) is 16.2. The molecule has 1 aromatic heterocycles. The molecule has 0 unspecified atom stereocenters. The maximum atomic E-state index is 12.8. The lowest BCUT2D eigenvalue weighted by Crippen LogP contribution is -2.36. The summed E-state index contributed by atoms with van der Waals surface area (Å²) in [4.78, 5) is 18.4. The van der Waals surface area contributed by atoms with Crippen molar-refractivity contribution in [3.8, 4) is 17.2 Å². The fourth-order valence-electron chi connectivity index (χ4n) is 3.98. The Labute approximate surface area is 195 Å². The number of hydrogen-bond acceptors (Lipinski definition) is 6. The van der Waals surface area contributed by atoms with Gasteiger partial charge >= 0.3 is 12.1 Å². The molecule has 0 spiro atoms. The summed E-state index contributed by atoms with van der Waals surface area (Å²) in [5.41, 5.74) is 1.36. The first kappa shape index (κ1) is 23.8. The Kier molecular flexibility index (Phi) is 6.92. The van der Waals surface area contributed by atoms with Crippen LogP contribution in [0.25, 0.3) is 11.5 Å². The number of alkyl halides is 3. The van der Waals surface area contributed by atoms with Gasteiger partial charge in [0.05, 0.1) is 12.7 Å². The van der Waals surface area contributed by atoms with Crippen LogP contribution in [0.5, 0.6) is 5.75 Å². The number of nitrogens with zero attached hydrogens (tertiary/aromatic N) is 2. The largest absolute Gasteiger partial charge is 0.487 e. The standard InChI is InChI=1S/C25H25F3N2O4/c1-16-21(29-23(34-16)18-7-9-19(10-8-18)25(26,27)28)15-33-20-11-5-17(6-12-20)14-30-13-3-4-22(30)24(31)32-2/h5-12,22H,3-4,13-15H2,1-2H3/t22-/m1/s1. The molecule has 1 atom stereocenters. The van der Waals surface area contributed by atoms with Gasteiger partial charge < -0.3 is 13.9 Å². The molecule has 0 saturated carbocycles. The second-order valence-corrected chi connectivity index (χ2v) is 8.18. The van der Waals surface area contributed by atoms with Crippen LogP contribution in [0.4, 0.5) is 13.2 Å². The fraction of sp³-hybridized carbons (Fsp3) is 0.360. The SMILES string of the molecule is COC(=O)[C@H]1CCCN1Cc1ccc(OCc2nc(-c3ccc(C(F)(F)F)cc3)oc2C)cc1. The minimum atomic E-state index is -4.39. The number of ether oxygens (including phenoxy) is 2. The highest BCUT2D eigenvalue weighted by Gasteiger charge is 2.31. The number of likely N-dealkylation sites (tertiary alicyclic amines) is 1. The molecule has 0 amide bonds. The molecular formula is C25H25F3N2O4. The summed E-state index contributed by atoms with van der Waals surface area (Å²) in [7, 11) is 1.41. The van der Waals surface area contributed by atoms with E-state index in [1.54, 1.807) is 6.92 Å². The molecule has 0 aliphatic carbocycles. The van der Waals surface area contributed by atoms with Gasteiger partial charge in [0.15, 0.2) is 0 Å². The maximum Gasteiger partial charge on any atom is 0.416 e. The lowest BCUT2D eigenvalue weighted by atomic mass is 10.1. The summed E-state index contributed by atoms with van der Waals surface area (Å²) in [6, 6.07) is 12.1. The van der Waals surface area contributed by atoms with Crippen molar-refractivity contribution in [2.75, 3.05) is 13.7 Å². The molecule has 6 nitrogen and oxygen atoms in total.